The maximum atomic E-state index is 11.7. The van der Waals surface area contributed by atoms with Crippen molar-refractivity contribution in [2.45, 2.75) is 25.8 Å². The molecule has 1 aromatic heterocycles. The van der Waals surface area contributed by atoms with Gasteiger partial charge in [0.1, 0.15) is 11.0 Å². The number of anilines is 1. The molecule has 0 aliphatic carbocycles. The quantitative estimate of drug-likeness (QED) is 0.766. The molecule has 16 heavy (non-hydrogen) atoms. The van der Waals surface area contributed by atoms with Gasteiger partial charge in [0.05, 0.1) is 6.04 Å². The average Bonchev–Trinajstić information content (AvgIpc) is 2.21. The molecule has 0 unspecified atom stereocenters. The minimum absolute atomic E-state index is 0.0156. The molecule has 0 fully saturated rings. The smallest absolute Gasteiger partial charge is 0.159 e. The van der Waals surface area contributed by atoms with Crippen molar-refractivity contribution in [3.8, 4) is 0 Å². The lowest BCUT2D eigenvalue weighted by Gasteiger charge is -2.25. The first-order chi connectivity index (χ1) is 7.61. The third-order valence-corrected chi connectivity index (χ3v) is 2.98. The monoisotopic (exact) mass is 240 g/mol. The Hall–Kier alpha value is -1.13. The number of pyridine rings is 1. The van der Waals surface area contributed by atoms with Gasteiger partial charge in [-0.3, -0.25) is 4.79 Å². The number of halogens is 1. The summed E-state index contributed by atoms with van der Waals surface area (Å²) in [6.07, 6.45) is 0.772. The van der Waals surface area contributed by atoms with E-state index in [0.717, 1.165) is 11.1 Å². The number of fused-ring (bicyclic) bond motifs is 1. The highest BCUT2D eigenvalue weighted by atomic mass is 35.5. The number of ketones is 1. The summed E-state index contributed by atoms with van der Waals surface area (Å²) in [7, 11) is 0. The van der Waals surface area contributed by atoms with E-state index in [4.69, 9.17) is 16.7 Å². The first kappa shape index (κ1) is 11.4. The van der Waals surface area contributed by atoms with Gasteiger partial charge >= 0.3 is 0 Å². The molecule has 86 valence electrons. The summed E-state index contributed by atoms with van der Waals surface area (Å²) in [4.78, 5) is 15.9. The molecule has 0 saturated heterocycles. The lowest BCUT2D eigenvalue weighted by molar-refractivity contribution is -0.119. The minimum atomic E-state index is -0.345. The van der Waals surface area contributed by atoms with E-state index in [1.54, 1.807) is 6.07 Å². The van der Waals surface area contributed by atoms with Crippen LogP contribution in [0.1, 0.15) is 17.5 Å². The second-order valence-corrected chi connectivity index (χ2v) is 4.33. The van der Waals surface area contributed by atoms with Crippen molar-refractivity contribution in [2.24, 2.45) is 0 Å². The van der Waals surface area contributed by atoms with Gasteiger partial charge < -0.3 is 10.4 Å². The van der Waals surface area contributed by atoms with E-state index < -0.39 is 0 Å². The van der Waals surface area contributed by atoms with E-state index in [1.165, 1.54) is 0 Å². The summed E-state index contributed by atoms with van der Waals surface area (Å²) in [5, 5.41) is 12.3. The maximum Gasteiger partial charge on any atom is 0.159 e. The second-order valence-electron chi connectivity index (χ2n) is 3.94. The standard InChI is InChI=1S/C11H13ClN2O2/c1-6-4-10(12)14-11-7(6)5-9(16)8(13-11)2-3-15/h4,8,15H,2-3,5H2,1H3,(H,13,14)/t8-/m1/s1. The molecule has 0 radical (unpaired) electrons. The van der Waals surface area contributed by atoms with E-state index in [2.05, 4.69) is 10.3 Å². The van der Waals surface area contributed by atoms with E-state index in [1.807, 2.05) is 6.92 Å². The van der Waals surface area contributed by atoms with Gasteiger partial charge in [0, 0.05) is 18.6 Å². The van der Waals surface area contributed by atoms with Crippen LogP contribution in [-0.2, 0) is 11.2 Å². The molecule has 0 amide bonds. The van der Waals surface area contributed by atoms with Crippen LogP contribution in [0.4, 0.5) is 5.82 Å². The zero-order valence-corrected chi connectivity index (χ0v) is 9.71. The highest BCUT2D eigenvalue weighted by Crippen LogP contribution is 2.27. The number of hydrogen-bond donors (Lipinski definition) is 2. The molecule has 4 nitrogen and oxygen atoms in total. The molecular weight excluding hydrogens is 228 g/mol. The number of aryl methyl sites for hydroxylation is 1. The zero-order chi connectivity index (χ0) is 11.7. The number of hydrogen-bond acceptors (Lipinski definition) is 4. The normalized spacial score (nSPS) is 19.2. The first-order valence-corrected chi connectivity index (χ1v) is 5.55. The van der Waals surface area contributed by atoms with Crippen molar-refractivity contribution >= 4 is 23.2 Å². The molecule has 1 aromatic rings. The molecule has 1 aliphatic rings. The van der Waals surface area contributed by atoms with Crippen LogP contribution in [0.15, 0.2) is 6.07 Å². The van der Waals surface area contributed by atoms with Gasteiger partial charge in [-0.15, -0.1) is 0 Å². The van der Waals surface area contributed by atoms with Crippen LogP contribution in [0, 0.1) is 6.92 Å². The number of aliphatic hydroxyl groups excluding tert-OH is 1. The van der Waals surface area contributed by atoms with Gasteiger partial charge in [-0.25, -0.2) is 4.98 Å². The second kappa shape index (κ2) is 4.39. The van der Waals surface area contributed by atoms with Gasteiger partial charge in [0.2, 0.25) is 0 Å². The molecule has 0 aromatic carbocycles. The highest BCUT2D eigenvalue weighted by molar-refractivity contribution is 6.29. The molecule has 1 aliphatic heterocycles. The van der Waals surface area contributed by atoms with Crippen molar-refractivity contribution in [3.05, 3.63) is 22.3 Å². The Morgan fingerprint density at radius 1 is 1.69 bits per heavy atom. The Bertz CT molecular complexity index is 434. The third kappa shape index (κ3) is 2.03. The van der Waals surface area contributed by atoms with Crippen LogP contribution >= 0.6 is 11.6 Å². The summed E-state index contributed by atoms with van der Waals surface area (Å²) in [5.74, 6) is 0.761. The lowest BCUT2D eigenvalue weighted by Crippen LogP contribution is -2.37. The molecule has 0 saturated carbocycles. The molecule has 0 bridgehead atoms. The minimum Gasteiger partial charge on any atom is -0.396 e. The SMILES string of the molecule is Cc1cc(Cl)nc2c1CC(=O)[C@@H](CCO)N2. The van der Waals surface area contributed by atoms with Crippen molar-refractivity contribution in [1.82, 2.24) is 4.98 Å². The summed E-state index contributed by atoms with van der Waals surface area (Å²) < 4.78 is 0. The summed E-state index contributed by atoms with van der Waals surface area (Å²) in [6.45, 7) is 1.89. The largest absolute Gasteiger partial charge is 0.396 e. The van der Waals surface area contributed by atoms with Crippen molar-refractivity contribution in [1.29, 1.82) is 0 Å². The number of nitrogens with one attached hydrogen (secondary N) is 1. The van der Waals surface area contributed by atoms with Crippen LogP contribution in [0.3, 0.4) is 0 Å². The fourth-order valence-corrected chi connectivity index (χ4v) is 2.16. The summed E-state index contributed by atoms with van der Waals surface area (Å²) in [6, 6.07) is 1.41. The number of carbonyl (C=O) groups excluding carboxylic acids is 1. The molecular formula is C11H13ClN2O2. The molecule has 2 heterocycles. The van der Waals surface area contributed by atoms with Crippen molar-refractivity contribution < 1.29 is 9.90 Å². The topological polar surface area (TPSA) is 62.2 Å². The maximum absolute atomic E-state index is 11.7. The van der Waals surface area contributed by atoms with Gasteiger partial charge in [-0.1, -0.05) is 11.6 Å². The van der Waals surface area contributed by atoms with Crippen LogP contribution in [-0.4, -0.2) is 28.5 Å². The fraction of sp³-hybridized carbons (Fsp3) is 0.455. The Kier molecular flexibility index (Phi) is 3.12. The van der Waals surface area contributed by atoms with Crippen LogP contribution in [0.2, 0.25) is 5.15 Å². The zero-order valence-electron chi connectivity index (χ0n) is 8.96. The van der Waals surface area contributed by atoms with Crippen LogP contribution in [0.5, 0.6) is 0 Å². The Balaban J connectivity index is 2.35. The van der Waals surface area contributed by atoms with Crippen LogP contribution in [0.25, 0.3) is 0 Å². The molecule has 2 rings (SSSR count). The first-order valence-electron chi connectivity index (χ1n) is 5.18. The molecule has 5 heteroatoms. The highest BCUT2D eigenvalue weighted by Gasteiger charge is 2.27. The molecule has 2 N–H and O–H groups in total. The summed E-state index contributed by atoms with van der Waals surface area (Å²) in [5.41, 5.74) is 1.88. The third-order valence-electron chi connectivity index (χ3n) is 2.78. The Morgan fingerprint density at radius 3 is 3.12 bits per heavy atom. The van der Waals surface area contributed by atoms with Crippen molar-refractivity contribution in [2.75, 3.05) is 11.9 Å². The van der Waals surface area contributed by atoms with E-state index in [0.29, 0.717) is 23.8 Å². The Labute approximate surface area is 98.6 Å². The van der Waals surface area contributed by atoms with Crippen LogP contribution < -0.4 is 5.32 Å². The fourth-order valence-electron chi connectivity index (χ4n) is 1.91. The summed E-state index contributed by atoms with van der Waals surface area (Å²) >= 11 is 5.86. The van der Waals surface area contributed by atoms with Gasteiger partial charge in [-0.2, -0.15) is 0 Å². The average molecular weight is 241 g/mol. The van der Waals surface area contributed by atoms with Gasteiger partial charge in [0.25, 0.3) is 0 Å². The van der Waals surface area contributed by atoms with Crippen molar-refractivity contribution in [3.63, 3.8) is 0 Å². The number of aromatic nitrogens is 1. The number of Topliss-reactive ketones (excluding diaryl/α,β-unsaturated/α-hetero) is 1. The van der Waals surface area contributed by atoms with E-state index in [9.17, 15) is 4.79 Å². The predicted molar refractivity (Wildman–Crippen MR) is 61.8 cm³/mol. The lowest BCUT2D eigenvalue weighted by atomic mass is 9.95. The molecule has 0 spiro atoms. The number of aliphatic hydroxyl groups is 1. The van der Waals surface area contributed by atoms with E-state index in [-0.39, 0.29) is 18.4 Å². The number of nitrogens with zero attached hydrogens (tertiary/aromatic N) is 1. The number of carbonyl (C=O) groups is 1. The van der Waals surface area contributed by atoms with E-state index >= 15 is 0 Å². The van der Waals surface area contributed by atoms with Gasteiger partial charge in [0.15, 0.2) is 5.78 Å². The predicted octanol–water partition coefficient (Wildman–Crippen LogP) is 1.33. The Morgan fingerprint density at radius 2 is 2.44 bits per heavy atom. The molecule has 1 atom stereocenters. The number of rotatable bonds is 2. The van der Waals surface area contributed by atoms with Gasteiger partial charge in [-0.05, 0) is 25.0 Å².